The molecular formula is C10H13N3S. The zero-order valence-electron chi connectivity index (χ0n) is 8.24. The quantitative estimate of drug-likeness (QED) is 0.588. The Balaban J connectivity index is 2.66. The number of hydrogen-bond acceptors (Lipinski definition) is 4. The molecule has 1 heterocycles. The fraction of sp³-hybridized carbons (Fsp3) is 0.300. The van der Waals surface area contributed by atoms with Gasteiger partial charge in [-0.2, -0.15) is 0 Å². The van der Waals surface area contributed by atoms with Gasteiger partial charge in [-0.15, -0.1) is 0 Å². The molecule has 3 N–H and O–H groups in total. The maximum Gasteiger partial charge on any atom is 0.198 e. The number of nitrogens with two attached hydrogens (primary N) is 1. The van der Waals surface area contributed by atoms with E-state index in [0.29, 0.717) is 5.92 Å². The van der Waals surface area contributed by atoms with E-state index in [9.17, 15) is 0 Å². The van der Waals surface area contributed by atoms with Crippen molar-refractivity contribution in [1.82, 2.24) is 4.98 Å². The summed E-state index contributed by atoms with van der Waals surface area (Å²) in [4.78, 5) is 4.43. The van der Waals surface area contributed by atoms with Gasteiger partial charge in [0, 0.05) is 0 Å². The summed E-state index contributed by atoms with van der Waals surface area (Å²) < 4.78 is 1.18. The standard InChI is InChI=1S/C10H13N3S/c1-6(2)7-4-3-5-8-9(7)12-10(13-11)14-8/h3-6H,11H2,1-2H3,(H,12,13). The monoisotopic (exact) mass is 207 g/mol. The Labute approximate surface area is 86.9 Å². The van der Waals surface area contributed by atoms with E-state index < -0.39 is 0 Å². The van der Waals surface area contributed by atoms with Crippen molar-refractivity contribution in [1.29, 1.82) is 0 Å². The average Bonchev–Trinajstić information content (AvgIpc) is 2.59. The van der Waals surface area contributed by atoms with Crippen LogP contribution in [-0.2, 0) is 0 Å². The Morgan fingerprint density at radius 3 is 2.86 bits per heavy atom. The van der Waals surface area contributed by atoms with E-state index in [1.165, 1.54) is 10.3 Å². The molecule has 0 saturated heterocycles. The first-order chi connectivity index (χ1) is 6.72. The lowest BCUT2D eigenvalue weighted by Gasteiger charge is -2.04. The molecule has 0 aliphatic carbocycles. The maximum atomic E-state index is 5.34. The summed E-state index contributed by atoms with van der Waals surface area (Å²) in [6.45, 7) is 4.34. The van der Waals surface area contributed by atoms with E-state index in [2.05, 4.69) is 42.5 Å². The summed E-state index contributed by atoms with van der Waals surface area (Å²) in [5.74, 6) is 5.83. The van der Waals surface area contributed by atoms with Gasteiger partial charge in [-0.1, -0.05) is 37.3 Å². The van der Waals surface area contributed by atoms with Gasteiger partial charge in [0.05, 0.1) is 10.2 Å². The Bertz CT molecular complexity index is 448. The van der Waals surface area contributed by atoms with Crippen molar-refractivity contribution >= 4 is 26.7 Å². The number of para-hydroxylation sites is 1. The van der Waals surface area contributed by atoms with Gasteiger partial charge in [0.2, 0.25) is 0 Å². The van der Waals surface area contributed by atoms with Gasteiger partial charge in [-0.05, 0) is 17.5 Å². The highest BCUT2D eigenvalue weighted by Gasteiger charge is 2.09. The third-order valence-electron chi connectivity index (χ3n) is 2.20. The van der Waals surface area contributed by atoms with Crippen LogP contribution < -0.4 is 11.3 Å². The highest BCUT2D eigenvalue weighted by molar-refractivity contribution is 7.22. The van der Waals surface area contributed by atoms with Crippen LogP contribution >= 0.6 is 11.3 Å². The zero-order valence-corrected chi connectivity index (χ0v) is 9.06. The Kier molecular flexibility index (Phi) is 2.39. The lowest BCUT2D eigenvalue weighted by atomic mass is 10.0. The first-order valence-electron chi connectivity index (χ1n) is 4.58. The van der Waals surface area contributed by atoms with E-state index >= 15 is 0 Å². The first kappa shape index (κ1) is 9.43. The molecule has 2 aromatic rings. The van der Waals surface area contributed by atoms with Crippen LogP contribution in [0.4, 0.5) is 5.13 Å². The molecule has 0 saturated carbocycles. The predicted molar refractivity (Wildman–Crippen MR) is 61.5 cm³/mol. The van der Waals surface area contributed by atoms with E-state index in [4.69, 9.17) is 5.84 Å². The van der Waals surface area contributed by atoms with Crippen LogP contribution in [0.25, 0.3) is 10.2 Å². The van der Waals surface area contributed by atoms with Crippen LogP contribution in [0.5, 0.6) is 0 Å². The molecule has 2 rings (SSSR count). The number of nitrogens with one attached hydrogen (secondary N) is 1. The fourth-order valence-electron chi connectivity index (χ4n) is 1.50. The summed E-state index contributed by atoms with van der Waals surface area (Å²) >= 11 is 1.58. The minimum Gasteiger partial charge on any atom is -0.300 e. The topological polar surface area (TPSA) is 50.9 Å². The molecular weight excluding hydrogens is 194 g/mol. The van der Waals surface area contributed by atoms with Crippen molar-refractivity contribution < 1.29 is 0 Å². The molecule has 3 nitrogen and oxygen atoms in total. The number of fused-ring (bicyclic) bond motifs is 1. The molecule has 0 fully saturated rings. The van der Waals surface area contributed by atoms with E-state index in [1.807, 2.05) is 0 Å². The SMILES string of the molecule is CC(C)c1cccc2sc(NN)nc12. The van der Waals surface area contributed by atoms with Gasteiger partial charge in [-0.25, -0.2) is 10.8 Å². The second-order valence-electron chi connectivity index (χ2n) is 3.51. The number of hydrogen-bond donors (Lipinski definition) is 2. The van der Waals surface area contributed by atoms with Gasteiger partial charge in [0.15, 0.2) is 5.13 Å². The molecule has 0 bridgehead atoms. The van der Waals surface area contributed by atoms with Crippen molar-refractivity contribution in [2.45, 2.75) is 19.8 Å². The summed E-state index contributed by atoms with van der Waals surface area (Å²) in [5.41, 5.74) is 4.94. The fourth-order valence-corrected chi connectivity index (χ4v) is 2.31. The van der Waals surface area contributed by atoms with Crippen molar-refractivity contribution in [3.63, 3.8) is 0 Å². The lowest BCUT2D eigenvalue weighted by molar-refractivity contribution is 0.873. The van der Waals surface area contributed by atoms with E-state index in [-0.39, 0.29) is 0 Å². The Hall–Kier alpha value is -1.13. The van der Waals surface area contributed by atoms with Gasteiger partial charge >= 0.3 is 0 Å². The molecule has 0 aliphatic rings. The highest BCUT2D eigenvalue weighted by atomic mass is 32.1. The van der Waals surface area contributed by atoms with Crippen LogP contribution in [0.1, 0.15) is 25.3 Å². The average molecular weight is 207 g/mol. The molecule has 0 radical (unpaired) electrons. The second-order valence-corrected chi connectivity index (χ2v) is 4.54. The van der Waals surface area contributed by atoms with Gasteiger partial charge in [-0.3, -0.25) is 5.43 Å². The second kappa shape index (κ2) is 3.55. The summed E-state index contributed by atoms with van der Waals surface area (Å²) in [6.07, 6.45) is 0. The molecule has 1 aromatic carbocycles. The number of nitrogens with zero attached hydrogens (tertiary/aromatic N) is 1. The summed E-state index contributed by atoms with van der Waals surface area (Å²) in [7, 11) is 0. The van der Waals surface area contributed by atoms with Gasteiger partial charge in [0.1, 0.15) is 0 Å². The number of nitrogen functional groups attached to an aromatic ring is 1. The largest absolute Gasteiger partial charge is 0.300 e. The van der Waals surface area contributed by atoms with Gasteiger partial charge < -0.3 is 0 Å². The van der Waals surface area contributed by atoms with Crippen molar-refractivity contribution in [2.24, 2.45) is 5.84 Å². The molecule has 74 valence electrons. The van der Waals surface area contributed by atoms with E-state index in [0.717, 1.165) is 10.6 Å². The Morgan fingerprint density at radius 2 is 2.21 bits per heavy atom. The van der Waals surface area contributed by atoms with Crippen molar-refractivity contribution in [3.05, 3.63) is 23.8 Å². The number of rotatable bonds is 2. The van der Waals surface area contributed by atoms with Gasteiger partial charge in [0.25, 0.3) is 0 Å². The summed E-state index contributed by atoms with van der Waals surface area (Å²) in [5, 5.41) is 0.771. The normalized spacial score (nSPS) is 11.1. The van der Waals surface area contributed by atoms with Crippen LogP contribution in [0.2, 0.25) is 0 Å². The maximum absolute atomic E-state index is 5.34. The number of anilines is 1. The highest BCUT2D eigenvalue weighted by Crippen LogP contribution is 2.30. The smallest absolute Gasteiger partial charge is 0.198 e. The van der Waals surface area contributed by atoms with Crippen LogP contribution in [0, 0.1) is 0 Å². The predicted octanol–water partition coefficient (Wildman–Crippen LogP) is 2.71. The molecule has 0 amide bonds. The number of benzene rings is 1. The van der Waals surface area contributed by atoms with Crippen LogP contribution in [-0.4, -0.2) is 4.98 Å². The first-order valence-corrected chi connectivity index (χ1v) is 5.40. The number of hydrazine groups is 1. The number of aromatic nitrogens is 1. The van der Waals surface area contributed by atoms with Crippen molar-refractivity contribution in [3.8, 4) is 0 Å². The van der Waals surface area contributed by atoms with E-state index in [1.54, 1.807) is 11.3 Å². The third-order valence-corrected chi connectivity index (χ3v) is 3.15. The molecule has 0 unspecified atom stereocenters. The molecule has 0 atom stereocenters. The number of thiazole rings is 1. The minimum atomic E-state index is 0.492. The summed E-state index contributed by atoms with van der Waals surface area (Å²) in [6, 6.07) is 6.25. The molecule has 1 aromatic heterocycles. The van der Waals surface area contributed by atoms with Crippen LogP contribution in [0.3, 0.4) is 0 Å². The van der Waals surface area contributed by atoms with Crippen LogP contribution in [0.15, 0.2) is 18.2 Å². The molecule has 4 heteroatoms. The minimum absolute atomic E-state index is 0.492. The molecule has 14 heavy (non-hydrogen) atoms. The molecule has 0 aliphatic heterocycles. The lowest BCUT2D eigenvalue weighted by Crippen LogP contribution is -2.05. The Morgan fingerprint density at radius 1 is 1.43 bits per heavy atom. The van der Waals surface area contributed by atoms with Crippen molar-refractivity contribution in [2.75, 3.05) is 5.43 Å². The molecule has 0 spiro atoms. The zero-order chi connectivity index (χ0) is 10.1. The third kappa shape index (κ3) is 1.47.